The van der Waals surface area contributed by atoms with E-state index in [1.807, 2.05) is 6.08 Å². The molecule has 0 radical (unpaired) electrons. The van der Waals surface area contributed by atoms with Crippen molar-refractivity contribution in [2.24, 2.45) is 23.2 Å². The fourth-order valence-electron chi connectivity index (χ4n) is 9.41. The van der Waals surface area contributed by atoms with Gasteiger partial charge in [0.15, 0.2) is 17.1 Å². The number of hydrogen-bond donors (Lipinski definition) is 1. The Labute approximate surface area is 245 Å². The number of ether oxygens (including phenoxy) is 2. The molecule has 2 saturated carbocycles. The predicted octanol–water partition coefficient (Wildman–Crippen LogP) is 5.91. The number of likely N-dealkylation sites (tertiary alicyclic amines) is 1. The van der Waals surface area contributed by atoms with Gasteiger partial charge in [-0.15, -0.1) is 0 Å². The average Bonchev–Trinajstić information content (AvgIpc) is 3.19. The Hall–Kier alpha value is -2.91. The summed E-state index contributed by atoms with van der Waals surface area (Å²) >= 11 is 0. The number of quaternary nitrogens is 1. The van der Waals surface area contributed by atoms with Crippen LogP contribution in [0.3, 0.4) is 0 Å². The van der Waals surface area contributed by atoms with E-state index in [0.29, 0.717) is 17.9 Å². The van der Waals surface area contributed by atoms with E-state index in [2.05, 4.69) is 32.3 Å². The first-order valence-electron chi connectivity index (χ1n) is 15.1. The van der Waals surface area contributed by atoms with Gasteiger partial charge in [-0.2, -0.15) is 13.2 Å². The molecule has 1 aromatic rings. The molecule has 9 heteroatoms. The van der Waals surface area contributed by atoms with Crippen molar-refractivity contribution in [3.8, 4) is 0 Å². The van der Waals surface area contributed by atoms with Crippen LogP contribution in [-0.4, -0.2) is 60.5 Å². The van der Waals surface area contributed by atoms with E-state index in [1.54, 1.807) is 12.1 Å². The quantitative estimate of drug-likeness (QED) is 0.195. The third kappa shape index (κ3) is 4.46. The highest BCUT2D eigenvalue weighted by Crippen LogP contribution is 2.69. The predicted molar refractivity (Wildman–Crippen MR) is 151 cm³/mol. The topological polar surface area (TPSA) is 64.6 Å². The van der Waals surface area contributed by atoms with Crippen molar-refractivity contribution >= 4 is 17.6 Å². The SMILES string of the molecule is CC(=O)OC(=C(C(=O)NC12C=CC=C3C[C@@H]4[C@@H]5CCC[C@H](O1)[C@]5(CC[N+]4(C)CC(C)C)C32)C(F)(F)F)c1ccccc1. The first kappa shape index (κ1) is 29.2. The lowest BCUT2D eigenvalue weighted by Gasteiger charge is -2.64. The molecule has 7 atom stereocenters. The Bertz CT molecular complexity index is 1370. The van der Waals surface area contributed by atoms with Crippen molar-refractivity contribution in [3.63, 3.8) is 0 Å². The molecule has 226 valence electrons. The van der Waals surface area contributed by atoms with Crippen molar-refractivity contribution in [2.45, 2.75) is 76.9 Å². The lowest BCUT2D eigenvalue weighted by atomic mass is 9.46. The number of rotatable bonds is 6. The molecule has 0 aromatic heterocycles. The number of esters is 1. The minimum atomic E-state index is -5.09. The second-order valence-electron chi connectivity index (χ2n) is 13.5. The first-order chi connectivity index (χ1) is 19.8. The molecule has 1 amide bonds. The molecule has 4 fully saturated rings. The van der Waals surface area contributed by atoms with Crippen molar-refractivity contribution in [1.82, 2.24) is 5.32 Å². The van der Waals surface area contributed by atoms with Crippen LogP contribution in [0.2, 0.25) is 0 Å². The zero-order valence-electron chi connectivity index (χ0n) is 24.7. The minimum absolute atomic E-state index is 0.0119. The van der Waals surface area contributed by atoms with E-state index in [0.717, 1.165) is 62.2 Å². The summed E-state index contributed by atoms with van der Waals surface area (Å²) < 4.78 is 57.0. The molecule has 1 aromatic carbocycles. The van der Waals surface area contributed by atoms with Crippen molar-refractivity contribution in [1.29, 1.82) is 0 Å². The van der Waals surface area contributed by atoms with Gasteiger partial charge in [-0.25, -0.2) is 0 Å². The molecule has 2 heterocycles. The number of nitrogens with one attached hydrogen (secondary N) is 1. The Kier molecular flexibility index (Phi) is 7.00. The lowest BCUT2D eigenvalue weighted by molar-refractivity contribution is -0.949. The van der Waals surface area contributed by atoms with E-state index in [-0.39, 0.29) is 23.0 Å². The third-order valence-electron chi connectivity index (χ3n) is 10.5. The number of allylic oxidation sites excluding steroid dienone is 2. The molecule has 1 spiro atoms. The highest BCUT2D eigenvalue weighted by molar-refractivity contribution is 6.03. The maximum Gasteiger partial charge on any atom is 0.425 e. The second kappa shape index (κ2) is 10.1. The van der Waals surface area contributed by atoms with Gasteiger partial charge in [0.25, 0.3) is 5.91 Å². The zero-order valence-corrected chi connectivity index (χ0v) is 24.7. The van der Waals surface area contributed by atoms with E-state index in [9.17, 15) is 22.8 Å². The summed E-state index contributed by atoms with van der Waals surface area (Å²) in [5.41, 5.74) is -2.07. The van der Waals surface area contributed by atoms with Gasteiger partial charge in [0.1, 0.15) is 0 Å². The maximum absolute atomic E-state index is 14.7. The highest BCUT2D eigenvalue weighted by Gasteiger charge is 2.74. The molecule has 3 unspecified atom stereocenters. The van der Waals surface area contributed by atoms with E-state index in [4.69, 9.17) is 9.47 Å². The number of amides is 1. The Morgan fingerprint density at radius 1 is 1.19 bits per heavy atom. The van der Waals surface area contributed by atoms with E-state index >= 15 is 0 Å². The van der Waals surface area contributed by atoms with Crippen LogP contribution in [0.1, 0.15) is 58.4 Å². The number of benzene rings is 1. The smallest absolute Gasteiger partial charge is 0.425 e. The summed E-state index contributed by atoms with van der Waals surface area (Å²) in [4.78, 5) is 25.8. The van der Waals surface area contributed by atoms with Gasteiger partial charge in [0.2, 0.25) is 0 Å². The largest absolute Gasteiger partial charge is 0.425 e. The van der Waals surface area contributed by atoms with Gasteiger partial charge in [0.05, 0.1) is 32.3 Å². The Morgan fingerprint density at radius 3 is 2.60 bits per heavy atom. The number of carbonyl (C=O) groups excluding carboxylic acids is 2. The zero-order chi connectivity index (χ0) is 30.1. The van der Waals surface area contributed by atoms with Crippen LogP contribution in [-0.2, 0) is 19.1 Å². The second-order valence-corrected chi connectivity index (χ2v) is 13.5. The van der Waals surface area contributed by atoms with E-state index < -0.39 is 35.1 Å². The standard InChI is InChI=1S/C33H39F3N2O4/c1-20(2)19-38(4)17-16-31-24-13-8-14-26(31)42-32(15-9-12-23(29(31)32)18-25(24)38)37-30(40)27(33(34,35)36)28(41-21(3)39)22-10-6-5-7-11-22/h5-7,9-12,15,20,24-26,29H,8,13-14,16-19H2,1-4H3/p+1/t24-,25+,26-,29?,31+,32?,38?/m0/s1. The molecule has 6 nitrogen and oxygen atoms in total. The van der Waals surface area contributed by atoms with Gasteiger partial charge in [-0.3, -0.25) is 9.59 Å². The molecule has 6 rings (SSSR count). The van der Waals surface area contributed by atoms with Gasteiger partial charge in [-0.05, 0) is 18.9 Å². The van der Waals surface area contributed by atoms with Crippen molar-refractivity contribution in [3.05, 3.63) is 65.3 Å². The first-order valence-corrected chi connectivity index (χ1v) is 15.1. The Balaban J connectivity index is 1.43. The third-order valence-corrected chi connectivity index (χ3v) is 10.5. The number of piperidine rings is 1. The van der Waals surface area contributed by atoms with Crippen molar-refractivity contribution in [2.75, 3.05) is 20.1 Å². The van der Waals surface area contributed by atoms with Gasteiger partial charge in [-0.1, -0.05) is 68.3 Å². The fraction of sp³-hybridized carbons (Fsp3) is 0.576. The molecule has 5 aliphatic rings. The van der Waals surface area contributed by atoms with Gasteiger partial charge < -0.3 is 19.3 Å². The summed E-state index contributed by atoms with van der Waals surface area (Å²) in [5, 5.41) is 2.75. The Morgan fingerprint density at radius 2 is 1.93 bits per heavy atom. The summed E-state index contributed by atoms with van der Waals surface area (Å²) in [5.74, 6) is -2.46. The molecule has 2 bridgehead atoms. The summed E-state index contributed by atoms with van der Waals surface area (Å²) in [6, 6.07) is 7.88. The summed E-state index contributed by atoms with van der Waals surface area (Å²) in [6.45, 7) is 7.60. The fourth-order valence-corrected chi connectivity index (χ4v) is 9.41. The monoisotopic (exact) mass is 585 g/mol. The highest BCUT2D eigenvalue weighted by atomic mass is 19.4. The van der Waals surface area contributed by atoms with Gasteiger partial charge in [0, 0.05) is 48.5 Å². The van der Waals surface area contributed by atoms with Crippen LogP contribution in [0.4, 0.5) is 13.2 Å². The van der Waals surface area contributed by atoms with Crippen LogP contribution < -0.4 is 5.32 Å². The van der Waals surface area contributed by atoms with Crippen LogP contribution in [0.5, 0.6) is 0 Å². The van der Waals surface area contributed by atoms with Crippen LogP contribution in [0, 0.1) is 23.2 Å². The van der Waals surface area contributed by atoms with E-state index in [1.165, 1.54) is 24.3 Å². The number of halogens is 3. The number of nitrogens with zero attached hydrogens (tertiary/aromatic N) is 1. The molecule has 2 saturated heterocycles. The number of hydrogen-bond acceptors (Lipinski definition) is 4. The average molecular weight is 586 g/mol. The molecule has 3 aliphatic carbocycles. The molecular weight excluding hydrogens is 545 g/mol. The molecular formula is C33H40F3N2O4+. The van der Waals surface area contributed by atoms with Crippen LogP contribution in [0.25, 0.3) is 5.76 Å². The summed E-state index contributed by atoms with van der Waals surface area (Å²) in [6.07, 6.45) is 5.01. The van der Waals surface area contributed by atoms with Crippen LogP contribution >= 0.6 is 0 Å². The van der Waals surface area contributed by atoms with Crippen LogP contribution in [0.15, 0.2) is 59.7 Å². The number of carbonyl (C=O) groups is 2. The van der Waals surface area contributed by atoms with Crippen molar-refractivity contribution < 1.29 is 36.7 Å². The normalized spacial score (nSPS) is 37.0. The van der Waals surface area contributed by atoms with Gasteiger partial charge >= 0.3 is 12.1 Å². The maximum atomic E-state index is 14.7. The molecule has 42 heavy (non-hydrogen) atoms. The number of alkyl halides is 3. The molecule has 1 N–H and O–H groups in total. The molecule has 2 aliphatic heterocycles. The minimum Gasteiger partial charge on any atom is -0.425 e. The summed E-state index contributed by atoms with van der Waals surface area (Å²) in [7, 11) is 2.37. The lowest BCUT2D eigenvalue weighted by Crippen LogP contribution is -2.72.